The molecule has 94 heavy (non-hydrogen) atoms. The maximum absolute atomic E-state index is 13.6. The second-order valence-electron chi connectivity index (χ2n) is 20.3. The van der Waals surface area contributed by atoms with Crippen LogP contribution >= 0.6 is 0 Å². The van der Waals surface area contributed by atoms with Crippen LogP contribution in [0.5, 0.6) is 0 Å². The molecule has 0 fully saturated rings. The minimum Gasteiger partial charge on any atom is -0.480 e. The summed E-state index contributed by atoms with van der Waals surface area (Å²) in [5.74, 6) is -11.3. The van der Waals surface area contributed by atoms with E-state index >= 15 is 0 Å². The third-order valence-corrected chi connectivity index (χ3v) is 13.5. The average Bonchev–Trinajstić information content (AvgIpc) is 0.843. The minimum atomic E-state index is -1.81. The largest absolute Gasteiger partial charge is 0.480 e. The third kappa shape index (κ3) is 17.3. The lowest BCUT2D eigenvalue weighted by Gasteiger charge is -2.18. The van der Waals surface area contributed by atoms with Crippen molar-refractivity contribution in [2.45, 2.75) is 76.3 Å². The number of carbonyl (C=O) groups is 9. The lowest BCUT2D eigenvalue weighted by Crippen LogP contribution is -2.43. The molecule has 3 atom stereocenters. The number of benzene rings is 3. The first-order chi connectivity index (χ1) is 45.0. The molecule has 0 radical (unpaired) electrons. The van der Waals surface area contributed by atoms with E-state index in [9.17, 15) is 67.7 Å². The fourth-order valence-corrected chi connectivity index (χ4v) is 8.72. The van der Waals surface area contributed by atoms with E-state index in [1.165, 1.54) is 91.4 Å². The molecule has 3 aromatic carbocycles. The number of rotatable bonds is 27. The van der Waals surface area contributed by atoms with Gasteiger partial charge < -0.3 is 83.7 Å². The molecule has 17 N–H and O–H groups in total. The second kappa shape index (κ2) is 29.4. The highest BCUT2D eigenvalue weighted by Gasteiger charge is 2.30. The first kappa shape index (κ1) is 65.2. The van der Waals surface area contributed by atoms with Crippen molar-refractivity contribution in [3.63, 3.8) is 0 Å². The zero-order valence-electron chi connectivity index (χ0n) is 48.6. The normalized spacial score (nSPS) is 12.0. The Morgan fingerprint density at radius 3 is 1.01 bits per heavy atom. The Bertz CT molecular complexity index is 4630. The molecular formula is C57H53N21O16. The fraction of sp³-hybridized carbons (Fsp3) is 0.211. The van der Waals surface area contributed by atoms with E-state index in [2.05, 4.69) is 91.7 Å². The number of amides is 3. The summed E-state index contributed by atoms with van der Waals surface area (Å²) in [6, 6.07) is 12.0. The summed E-state index contributed by atoms with van der Waals surface area (Å²) in [5.41, 5.74) is 17.4. The maximum atomic E-state index is 13.6. The van der Waals surface area contributed by atoms with Crippen LogP contribution in [0.1, 0.15) is 86.7 Å². The Balaban J connectivity index is 0.775. The number of nitrogens with one attached hydrogen (secondary N) is 9. The lowest BCUT2D eigenvalue weighted by molar-refractivity contribution is -0.161. The summed E-state index contributed by atoms with van der Waals surface area (Å²) in [6.07, 6.45) is 0.104. The number of carboxylic acids is 2. The fourth-order valence-electron chi connectivity index (χ4n) is 8.72. The van der Waals surface area contributed by atoms with E-state index in [0.29, 0.717) is 34.1 Å². The molecule has 37 nitrogen and oxygen atoms in total. The van der Waals surface area contributed by atoms with Crippen LogP contribution in [0.2, 0.25) is 0 Å². The molecule has 0 saturated carbocycles. The zero-order valence-corrected chi connectivity index (χ0v) is 48.6. The molecule has 482 valence electrons. The summed E-state index contributed by atoms with van der Waals surface area (Å²) >= 11 is 0. The number of aromatic amines is 3. The first-order valence-corrected chi connectivity index (χ1v) is 27.9. The molecule has 9 aromatic rings. The molecule has 0 aliphatic carbocycles. The zero-order chi connectivity index (χ0) is 67.2. The molecule has 0 unspecified atom stereocenters. The number of esters is 4. The number of H-pyrrole nitrogens is 3. The van der Waals surface area contributed by atoms with Crippen LogP contribution in [0, 0.1) is 0 Å². The highest BCUT2D eigenvalue weighted by atomic mass is 16.6. The van der Waals surface area contributed by atoms with Crippen molar-refractivity contribution < 1.29 is 62.8 Å². The molecule has 9 rings (SSSR count). The molecule has 0 aliphatic rings. The lowest BCUT2D eigenvalue weighted by atomic mass is 10.1. The standard InChI is InChI=1S/C57H53N21O16/c58-55-73-43-40(49(85)76-55)67-31(22-64-43)19-61-28-7-1-25(2-8-28)46(82)70-34(52(88)89)13-16-37(79)93-38(80)18-15-36(72-48(84)27-5-11-30(12-6-27)63-21-33-24-66-45-42(69-33)51(87)78-57(60)75-45)54(92)94-39(81)17-14-35(53(90)91)71-47(83)26-3-9-29(10-4-26)62-20-32-23-65-44-41(68-32)50(86)77-56(59)74-44/h1-12,22-24,34-36,61-63H,13-21H2,(H,70,82)(H,71,83)(H,72,84)(H,88,89)(H,90,91)(H3,58,64,73,76,85)(H3,59,65,74,77,86)(H3,60,66,75,78,87)/t34-,35-,36-/m0/s1. The van der Waals surface area contributed by atoms with Crippen LogP contribution in [-0.4, -0.2) is 142 Å². The van der Waals surface area contributed by atoms with E-state index in [4.69, 9.17) is 26.7 Å². The van der Waals surface area contributed by atoms with Crippen molar-refractivity contribution in [2.75, 3.05) is 33.2 Å². The number of hydrogen-bond donors (Lipinski definition) is 14. The predicted molar refractivity (Wildman–Crippen MR) is 327 cm³/mol. The van der Waals surface area contributed by atoms with Crippen LogP contribution in [0.15, 0.2) is 106 Å². The van der Waals surface area contributed by atoms with Crippen LogP contribution in [0.4, 0.5) is 34.9 Å². The second-order valence-corrected chi connectivity index (χ2v) is 20.3. The molecular weight excluding hydrogens is 1230 g/mol. The Morgan fingerprint density at radius 1 is 0.415 bits per heavy atom. The number of fused-ring (bicyclic) bond motifs is 3. The summed E-state index contributed by atoms with van der Waals surface area (Å²) in [5, 5.41) is 35.9. The van der Waals surface area contributed by atoms with Gasteiger partial charge in [-0.1, -0.05) is 0 Å². The number of aliphatic carboxylic acids is 2. The van der Waals surface area contributed by atoms with Crippen LogP contribution in [0.25, 0.3) is 33.5 Å². The SMILES string of the molecule is Nc1nc(=O)c2nc(CNc3ccc(C(=O)N[C@@H](CCC(=O)OC(=O)CC[C@H](NC(=O)c4ccc(NCc5cnc6[nH]c(N)nc(=O)c6n5)cc4)C(=O)OC(=O)CC[C@H](NC(=O)c4ccc(NCc5cnc6[nH]c(N)nc(=O)c6n5)cc4)C(=O)O)C(=O)O)cc3)cnc2[nH]1. The maximum Gasteiger partial charge on any atom is 0.336 e. The summed E-state index contributed by atoms with van der Waals surface area (Å²) in [7, 11) is 0. The number of nitrogens with two attached hydrogens (primary N) is 3. The number of hydrogen-bond acceptors (Lipinski definition) is 29. The molecule has 0 saturated heterocycles. The van der Waals surface area contributed by atoms with Gasteiger partial charge in [0.05, 0.1) is 55.3 Å². The number of nitrogen functional groups attached to an aromatic ring is 3. The van der Waals surface area contributed by atoms with Gasteiger partial charge in [-0.15, -0.1) is 0 Å². The summed E-state index contributed by atoms with van der Waals surface area (Å²) < 4.78 is 9.86. The van der Waals surface area contributed by atoms with Gasteiger partial charge in [-0.25, -0.2) is 44.3 Å². The van der Waals surface area contributed by atoms with Crippen LogP contribution < -0.4 is 65.8 Å². The van der Waals surface area contributed by atoms with Gasteiger partial charge >= 0.3 is 52.5 Å². The molecule has 0 spiro atoms. The van der Waals surface area contributed by atoms with Gasteiger partial charge in [0, 0.05) is 53.0 Å². The molecule has 6 aromatic heterocycles. The van der Waals surface area contributed by atoms with Crippen molar-refractivity contribution >= 4 is 122 Å². The molecule has 3 amide bonds. The molecule has 6 heterocycles. The van der Waals surface area contributed by atoms with E-state index in [1.807, 2.05) is 0 Å². The summed E-state index contributed by atoms with van der Waals surface area (Å²) in [6.45, 7) is 0.254. The monoisotopic (exact) mass is 1290 g/mol. The van der Waals surface area contributed by atoms with Gasteiger partial charge in [-0.2, -0.15) is 15.0 Å². The van der Waals surface area contributed by atoms with Gasteiger partial charge in [-0.05, 0) is 92.1 Å². The van der Waals surface area contributed by atoms with Crippen molar-refractivity contribution in [3.05, 3.63) is 156 Å². The first-order valence-electron chi connectivity index (χ1n) is 27.9. The highest BCUT2D eigenvalue weighted by Crippen LogP contribution is 2.18. The van der Waals surface area contributed by atoms with Crippen molar-refractivity contribution in [1.29, 1.82) is 0 Å². The van der Waals surface area contributed by atoms with Gasteiger partial charge in [-0.3, -0.25) is 43.2 Å². The van der Waals surface area contributed by atoms with Crippen molar-refractivity contribution in [1.82, 2.24) is 75.8 Å². The quantitative estimate of drug-likeness (QED) is 0.0232. The average molecular weight is 1290 g/mol. The number of anilines is 6. The Hall–Kier alpha value is -13.3. The van der Waals surface area contributed by atoms with Crippen molar-refractivity contribution in [2.24, 2.45) is 0 Å². The van der Waals surface area contributed by atoms with Gasteiger partial charge in [0.15, 0.2) is 33.5 Å². The van der Waals surface area contributed by atoms with E-state index in [-0.39, 0.29) is 87.7 Å². The minimum absolute atomic E-state index is 0.0145. The number of nitrogens with zero attached hydrogens (tertiary/aromatic N) is 9. The third-order valence-electron chi connectivity index (χ3n) is 13.5. The number of carbonyl (C=O) groups excluding carboxylic acids is 7. The smallest absolute Gasteiger partial charge is 0.336 e. The highest BCUT2D eigenvalue weighted by molar-refractivity contribution is 6.00. The number of aromatic nitrogens is 12. The van der Waals surface area contributed by atoms with E-state index in [0.717, 1.165) is 0 Å². The Morgan fingerprint density at radius 2 is 0.702 bits per heavy atom. The van der Waals surface area contributed by atoms with Crippen LogP contribution in [-0.2, 0) is 57.9 Å². The van der Waals surface area contributed by atoms with Crippen molar-refractivity contribution in [3.8, 4) is 0 Å². The van der Waals surface area contributed by atoms with Gasteiger partial charge in [0.1, 0.15) is 18.1 Å². The van der Waals surface area contributed by atoms with Crippen LogP contribution in [0.3, 0.4) is 0 Å². The number of ether oxygens (including phenoxy) is 2. The van der Waals surface area contributed by atoms with E-state index in [1.54, 1.807) is 0 Å². The van der Waals surface area contributed by atoms with Gasteiger partial charge in [0.25, 0.3) is 17.7 Å². The summed E-state index contributed by atoms with van der Waals surface area (Å²) in [4.78, 5) is 198. The molecule has 0 aliphatic heterocycles. The Kier molecular flexibility index (Phi) is 20.4. The van der Waals surface area contributed by atoms with E-state index < -0.39 is 127 Å². The molecule has 0 bridgehead atoms. The Labute approximate surface area is 524 Å². The van der Waals surface area contributed by atoms with Gasteiger partial charge in [0.2, 0.25) is 17.8 Å². The topological polar surface area (TPSA) is 577 Å². The predicted octanol–water partition coefficient (Wildman–Crippen LogP) is -0.306. The molecule has 37 heteroatoms. The number of carboxylic acid groups (broad SMARTS) is 2.